The second-order valence-electron chi connectivity index (χ2n) is 11.0. The first-order chi connectivity index (χ1) is 17.4. The maximum absolute atomic E-state index is 13.7. The third kappa shape index (κ3) is 6.55. The van der Waals surface area contributed by atoms with Crippen molar-refractivity contribution in [2.75, 3.05) is 26.3 Å². The molecule has 36 heavy (non-hydrogen) atoms. The maximum Gasteiger partial charge on any atom is 0.242 e. The van der Waals surface area contributed by atoms with Crippen LogP contribution in [0.3, 0.4) is 0 Å². The molecule has 4 rings (SSSR count). The third-order valence-electron chi connectivity index (χ3n) is 7.94. The summed E-state index contributed by atoms with van der Waals surface area (Å²) >= 11 is 0. The Balaban J connectivity index is 1.46. The molecule has 1 spiro atoms. The maximum atomic E-state index is 13.7. The average Bonchev–Trinajstić information content (AvgIpc) is 3.39. The van der Waals surface area contributed by atoms with Gasteiger partial charge in [-0.1, -0.05) is 26.0 Å². The Labute approximate surface area is 214 Å². The summed E-state index contributed by atoms with van der Waals surface area (Å²) in [5.74, 6) is 0.441. The van der Waals surface area contributed by atoms with E-state index in [1.165, 1.54) is 0 Å². The molecule has 2 N–H and O–H groups in total. The molecule has 1 aromatic heterocycles. The molecule has 0 radical (unpaired) electrons. The molecule has 9 heteroatoms. The minimum Gasteiger partial charge on any atom is -0.381 e. The number of hydrogen-bond acceptors (Lipinski definition) is 5. The highest BCUT2D eigenvalue weighted by Gasteiger charge is 2.43. The molecule has 0 saturated carbocycles. The van der Waals surface area contributed by atoms with Crippen LogP contribution in [0.1, 0.15) is 58.8 Å². The average molecular weight is 500 g/mol. The van der Waals surface area contributed by atoms with E-state index in [1.807, 2.05) is 15.7 Å². The Bertz CT molecular complexity index is 921. The van der Waals surface area contributed by atoms with Gasteiger partial charge in [-0.3, -0.25) is 14.4 Å². The number of likely N-dealkylation sites (tertiary alicyclic amines) is 1. The number of piperidine rings is 1. The van der Waals surface area contributed by atoms with Crippen molar-refractivity contribution in [2.24, 2.45) is 17.3 Å². The van der Waals surface area contributed by atoms with Crippen molar-refractivity contribution in [3.63, 3.8) is 0 Å². The summed E-state index contributed by atoms with van der Waals surface area (Å²) in [5, 5.41) is 6.35. The smallest absolute Gasteiger partial charge is 0.242 e. The molecule has 9 nitrogen and oxygen atoms in total. The first kappa shape index (κ1) is 26.4. The zero-order valence-corrected chi connectivity index (χ0v) is 21.7. The molecule has 3 amide bonds. The second kappa shape index (κ2) is 12.0. The van der Waals surface area contributed by atoms with Gasteiger partial charge in [0, 0.05) is 57.0 Å². The number of amides is 3. The SMILES string of the molecule is CC(C)C[C@H]1NC(=O)C2(C/C=C/C[C@@H]3COCC[C@@H]3NC1=O)CCN(C(=O)CCn1ccnc1)CC2. The van der Waals surface area contributed by atoms with Gasteiger partial charge in [0.15, 0.2) is 0 Å². The zero-order chi connectivity index (χ0) is 25.5. The van der Waals surface area contributed by atoms with Crippen molar-refractivity contribution in [3.05, 3.63) is 30.9 Å². The molecule has 3 aliphatic heterocycles. The van der Waals surface area contributed by atoms with Gasteiger partial charge in [-0.25, -0.2) is 4.98 Å². The second-order valence-corrected chi connectivity index (χ2v) is 11.0. The Morgan fingerprint density at radius 2 is 2.03 bits per heavy atom. The van der Waals surface area contributed by atoms with E-state index in [4.69, 9.17) is 4.74 Å². The van der Waals surface area contributed by atoms with Gasteiger partial charge in [0.25, 0.3) is 0 Å². The lowest BCUT2D eigenvalue weighted by Gasteiger charge is -2.41. The Morgan fingerprint density at radius 3 is 2.75 bits per heavy atom. The Hall–Kier alpha value is -2.68. The number of carbonyl (C=O) groups excluding carboxylic acids is 3. The van der Waals surface area contributed by atoms with Crippen LogP contribution in [0, 0.1) is 17.3 Å². The van der Waals surface area contributed by atoms with Gasteiger partial charge < -0.3 is 24.8 Å². The monoisotopic (exact) mass is 499 g/mol. The standard InChI is InChI=1S/C27H41N5O4/c1-20(2)17-23-25(34)29-22-7-16-36-18-21(22)5-3-4-8-27(26(35)30-23)9-13-32(14-10-27)24(33)6-12-31-15-11-28-19-31/h3-4,11,15,19-23H,5-10,12-14,16-18H2,1-2H3,(H,29,34)(H,30,35)/b4-3+/t21-,22+,23-/m1/s1. The summed E-state index contributed by atoms with van der Waals surface area (Å²) in [5.41, 5.74) is -0.616. The normalized spacial score (nSPS) is 28.0. The lowest BCUT2D eigenvalue weighted by molar-refractivity contribution is -0.142. The Morgan fingerprint density at radius 1 is 1.22 bits per heavy atom. The molecule has 2 fully saturated rings. The van der Waals surface area contributed by atoms with E-state index in [-0.39, 0.29) is 35.6 Å². The molecule has 2 saturated heterocycles. The number of imidazole rings is 1. The minimum absolute atomic E-state index is 0.0624. The number of hydrogen-bond donors (Lipinski definition) is 2. The van der Waals surface area contributed by atoms with Crippen molar-refractivity contribution >= 4 is 17.7 Å². The van der Waals surface area contributed by atoms with E-state index in [0.29, 0.717) is 65.0 Å². The van der Waals surface area contributed by atoms with Gasteiger partial charge in [-0.2, -0.15) is 0 Å². The fourth-order valence-corrected chi connectivity index (χ4v) is 5.61. The molecule has 0 unspecified atom stereocenters. The van der Waals surface area contributed by atoms with Crippen LogP contribution in [0.5, 0.6) is 0 Å². The zero-order valence-electron chi connectivity index (χ0n) is 21.7. The van der Waals surface area contributed by atoms with Gasteiger partial charge in [0.1, 0.15) is 6.04 Å². The molecule has 0 aliphatic carbocycles. The molecular formula is C27H41N5O4. The number of carbonyl (C=O) groups is 3. The highest BCUT2D eigenvalue weighted by atomic mass is 16.5. The molecule has 4 heterocycles. The number of ether oxygens (including phenoxy) is 1. The summed E-state index contributed by atoms with van der Waals surface area (Å²) in [4.78, 5) is 45.7. The van der Waals surface area contributed by atoms with Gasteiger partial charge in [0.2, 0.25) is 17.7 Å². The van der Waals surface area contributed by atoms with Crippen LogP contribution in [0.25, 0.3) is 0 Å². The molecule has 198 valence electrons. The van der Waals surface area contributed by atoms with Gasteiger partial charge in [-0.15, -0.1) is 0 Å². The van der Waals surface area contributed by atoms with Crippen LogP contribution in [-0.2, 0) is 25.7 Å². The topological polar surface area (TPSA) is 106 Å². The van der Waals surface area contributed by atoms with Crippen LogP contribution >= 0.6 is 0 Å². The largest absolute Gasteiger partial charge is 0.381 e. The van der Waals surface area contributed by atoms with Crippen molar-refractivity contribution in [2.45, 2.75) is 77.4 Å². The highest BCUT2D eigenvalue weighted by Crippen LogP contribution is 2.37. The predicted octanol–water partition coefficient (Wildman–Crippen LogP) is 2.28. The Kier molecular flexibility index (Phi) is 8.82. The summed E-state index contributed by atoms with van der Waals surface area (Å²) in [7, 11) is 0. The van der Waals surface area contributed by atoms with Gasteiger partial charge in [0.05, 0.1) is 18.3 Å². The number of fused-ring (bicyclic) bond motifs is 1. The van der Waals surface area contributed by atoms with Gasteiger partial charge in [-0.05, 0) is 44.4 Å². The fourth-order valence-electron chi connectivity index (χ4n) is 5.61. The summed E-state index contributed by atoms with van der Waals surface area (Å²) < 4.78 is 7.60. The van der Waals surface area contributed by atoms with Crippen LogP contribution in [-0.4, -0.2) is 70.6 Å². The fraction of sp³-hybridized carbons (Fsp3) is 0.704. The number of nitrogens with zero attached hydrogens (tertiary/aromatic N) is 3. The predicted molar refractivity (Wildman–Crippen MR) is 136 cm³/mol. The van der Waals surface area contributed by atoms with Gasteiger partial charge >= 0.3 is 0 Å². The number of aryl methyl sites for hydroxylation is 1. The molecular weight excluding hydrogens is 458 g/mol. The van der Waals surface area contributed by atoms with Crippen LogP contribution < -0.4 is 10.6 Å². The van der Waals surface area contributed by atoms with E-state index in [0.717, 1.165) is 12.8 Å². The number of aromatic nitrogens is 2. The molecule has 3 atom stereocenters. The van der Waals surface area contributed by atoms with Crippen molar-refractivity contribution < 1.29 is 19.1 Å². The lowest BCUT2D eigenvalue weighted by Crippen LogP contribution is -2.57. The number of nitrogens with one attached hydrogen (secondary N) is 2. The van der Waals surface area contributed by atoms with Crippen molar-refractivity contribution in [1.82, 2.24) is 25.1 Å². The molecule has 1 aromatic rings. The number of allylic oxidation sites excluding steroid dienone is 2. The van der Waals surface area contributed by atoms with Crippen LogP contribution in [0.15, 0.2) is 30.9 Å². The van der Waals surface area contributed by atoms with E-state index in [2.05, 4.69) is 41.6 Å². The minimum atomic E-state index is -0.616. The van der Waals surface area contributed by atoms with E-state index in [9.17, 15) is 14.4 Å². The first-order valence-corrected chi connectivity index (χ1v) is 13.4. The van der Waals surface area contributed by atoms with Crippen LogP contribution in [0.2, 0.25) is 0 Å². The molecule has 0 aromatic carbocycles. The molecule has 3 aliphatic rings. The summed E-state index contributed by atoms with van der Waals surface area (Å²) in [6, 6.07) is -0.497. The van der Waals surface area contributed by atoms with E-state index >= 15 is 0 Å². The highest BCUT2D eigenvalue weighted by molar-refractivity contribution is 5.90. The summed E-state index contributed by atoms with van der Waals surface area (Å²) in [6.07, 6.45) is 14.0. The van der Waals surface area contributed by atoms with Crippen molar-refractivity contribution in [1.29, 1.82) is 0 Å². The van der Waals surface area contributed by atoms with E-state index < -0.39 is 11.5 Å². The number of rotatable bonds is 5. The summed E-state index contributed by atoms with van der Waals surface area (Å²) in [6.45, 7) is 7.11. The van der Waals surface area contributed by atoms with E-state index in [1.54, 1.807) is 12.5 Å². The third-order valence-corrected chi connectivity index (χ3v) is 7.94. The molecule has 0 bridgehead atoms. The van der Waals surface area contributed by atoms with Crippen LogP contribution in [0.4, 0.5) is 0 Å². The quantitative estimate of drug-likeness (QED) is 0.605. The van der Waals surface area contributed by atoms with Crippen molar-refractivity contribution in [3.8, 4) is 0 Å². The lowest BCUT2D eigenvalue weighted by atomic mass is 9.74. The first-order valence-electron chi connectivity index (χ1n) is 13.4.